The Morgan fingerprint density at radius 3 is 2.55 bits per heavy atom. The van der Waals surface area contributed by atoms with Crippen molar-refractivity contribution in [2.75, 3.05) is 44.8 Å². The second-order valence-electron chi connectivity index (χ2n) is 8.00. The number of thioether (sulfide) groups is 1. The quantitative estimate of drug-likeness (QED) is 0.574. The third-order valence-corrected chi connectivity index (χ3v) is 5.69. The molecule has 29 heavy (non-hydrogen) atoms. The third kappa shape index (κ3) is 9.09. The summed E-state index contributed by atoms with van der Waals surface area (Å²) < 4.78 is 5.48. The topological polar surface area (TPSA) is 70.7 Å². The molecule has 6 nitrogen and oxygen atoms in total. The molecule has 162 valence electrons. The van der Waals surface area contributed by atoms with Gasteiger partial charge >= 0.3 is 0 Å². The number of carbonyl (C=O) groups is 2. The van der Waals surface area contributed by atoms with Gasteiger partial charge in [-0.2, -0.15) is 11.8 Å². The molecule has 0 aliphatic carbocycles. The number of hydrogen-bond donors (Lipinski definition) is 2. The largest absolute Gasteiger partial charge is 0.484 e. The van der Waals surface area contributed by atoms with Crippen LogP contribution in [-0.2, 0) is 9.59 Å². The van der Waals surface area contributed by atoms with Crippen LogP contribution in [0.3, 0.4) is 0 Å². The predicted molar refractivity (Wildman–Crippen MR) is 119 cm³/mol. The zero-order chi connectivity index (χ0) is 21.1. The Hall–Kier alpha value is -1.73. The lowest BCUT2D eigenvalue weighted by molar-refractivity contribution is -0.130. The van der Waals surface area contributed by atoms with Crippen LogP contribution >= 0.6 is 11.8 Å². The highest BCUT2D eigenvalue weighted by molar-refractivity contribution is 7.98. The van der Waals surface area contributed by atoms with Crippen LogP contribution in [-0.4, -0.2) is 67.6 Å². The van der Waals surface area contributed by atoms with Crippen molar-refractivity contribution in [3.63, 3.8) is 0 Å². The molecule has 2 amide bonds. The molecular formula is C22H35N3O3S. The lowest BCUT2D eigenvalue weighted by Crippen LogP contribution is -2.50. The molecule has 3 atom stereocenters. The van der Waals surface area contributed by atoms with E-state index in [1.54, 1.807) is 23.9 Å². The van der Waals surface area contributed by atoms with Crippen molar-refractivity contribution in [1.29, 1.82) is 0 Å². The number of hydrogen-bond acceptors (Lipinski definition) is 5. The zero-order valence-corrected chi connectivity index (χ0v) is 18.7. The standard InChI is InChI=1S/C22H35N3O3S/c1-17-13-18(2)15-25(14-17)11-10-23-22(27)20(9-12-29-3)24-21(26)16-28-19-7-5-4-6-8-19/h4-8,17-18,20H,9-16H2,1-3H3,(H,23,27)(H,24,26). The number of nitrogens with one attached hydrogen (secondary N) is 2. The summed E-state index contributed by atoms with van der Waals surface area (Å²) in [5.74, 6) is 2.44. The van der Waals surface area contributed by atoms with Crippen LogP contribution in [0.1, 0.15) is 26.7 Å². The van der Waals surface area contributed by atoms with Gasteiger partial charge in [-0.1, -0.05) is 32.0 Å². The van der Waals surface area contributed by atoms with Crippen LogP contribution in [0.25, 0.3) is 0 Å². The molecule has 0 spiro atoms. The SMILES string of the molecule is CSCCC(NC(=O)COc1ccccc1)C(=O)NCCN1CC(C)CC(C)C1. The summed E-state index contributed by atoms with van der Waals surface area (Å²) in [4.78, 5) is 27.3. The van der Waals surface area contributed by atoms with E-state index in [2.05, 4.69) is 29.4 Å². The van der Waals surface area contributed by atoms with Crippen molar-refractivity contribution in [2.24, 2.45) is 11.8 Å². The van der Waals surface area contributed by atoms with E-state index in [4.69, 9.17) is 4.74 Å². The molecule has 1 fully saturated rings. The van der Waals surface area contributed by atoms with E-state index in [0.717, 1.165) is 25.4 Å². The third-order valence-electron chi connectivity index (χ3n) is 5.05. The lowest BCUT2D eigenvalue weighted by atomic mass is 9.92. The van der Waals surface area contributed by atoms with E-state index in [9.17, 15) is 9.59 Å². The summed E-state index contributed by atoms with van der Waals surface area (Å²) in [6.45, 7) is 8.09. The van der Waals surface area contributed by atoms with Crippen molar-refractivity contribution in [3.05, 3.63) is 30.3 Å². The van der Waals surface area contributed by atoms with Gasteiger partial charge < -0.3 is 20.3 Å². The van der Waals surface area contributed by atoms with Gasteiger partial charge in [-0.25, -0.2) is 0 Å². The first-order valence-electron chi connectivity index (χ1n) is 10.4. The van der Waals surface area contributed by atoms with Crippen molar-refractivity contribution in [2.45, 2.75) is 32.7 Å². The number of para-hydroxylation sites is 1. The summed E-state index contributed by atoms with van der Waals surface area (Å²) >= 11 is 1.66. The van der Waals surface area contributed by atoms with Gasteiger partial charge in [0.2, 0.25) is 5.91 Å². The normalized spacial score (nSPS) is 20.7. The molecule has 1 saturated heterocycles. The van der Waals surface area contributed by atoms with Crippen LogP contribution in [0.15, 0.2) is 30.3 Å². The molecule has 0 radical (unpaired) electrons. The summed E-state index contributed by atoms with van der Waals surface area (Å²) in [5, 5.41) is 5.82. The fraction of sp³-hybridized carbons (Fsp3) is 0.636. The molecule has 0 bridgehead atoms. The van der Waals surface area contributed by atoms with E-state index in [0.29, 0.717) is 30.6 Å². The Morgan fingerprint density at radius 2 is 1.90 bits per heavy atom. The molecule has 0 aromatic heterocycles. The Morgan fingerprint density at radius 1 is 1.21 bits per heavy atom. The van der Waals surface area contributed by atoms with Crippen molar-refractivity contribution in [3.8, 4) is 5.75 Å². The molecule has 1 heterocycles. The Kier molecular flexibility index (Phi) is 10.4. The van der Waals surface area contributed by atoms with Crippen molar-refractivity contribution < 1.29 is 14.3 Å². The first-order valence-corrected chi connectivity index (χ1v) is 11.8. The van der Waals surface area contributed by atoms with Gasteiger partial charge in [-0.05, 0) is 48.8 Å². The monoisotopic (exact) mass is 421 g/mol. The van der Waals surface area contributed by atoms with Crippen LogP contribution in [0.5, 0.6) is 5.75 Å². The van der Waals surface area contributed by atoms with Crippen LogP contribution in [0, 0.1) is 11.8 Å². The summed E-state index contributed by atoms with van der Waals surface area (Å²) in [6.07, 6.45) is 3.87. The molecule has 2 rings (SSSR count). The van der Waals surface area contributed by atoms with Crippen molar-refractivity contribution >= 4 is 23.6 Å². The molecule has 0 saturated carbocycles. The number of nitrogens with zero attached hydrogens (tertiary/aromatic N) is 1. The highest BCUT2D eigenvalue weighted by Gasteiger charge is 2.23. The van der Waals surface area contributed by atoms with Gasteiger partial charge in [0.25, 0.3) is 5.91 Å². The van der Waals surface area contributed by atoms with E-state index < -0.39 is 6.04 Å². The Labute approximate surface area is 179 Å². The minimum absolute atomic E-state index is 0.101. The first-order chi connectivity index (χ1) is 14.0. The summed E-state index contributed by atoms with van der Waals surface area (Å²) in [6, 6.07) is 8.66. The maximum atomic E-state index is 12.6. The number of carbonyl (C=O) groups excluding carboxylic acids is 2. The Balaban J connectivity index is 1.76. The predicted octanol–water partition coefficient (Wildman–Crippen LogP) is 2.40. The fourth-order valence-electron chi connectivity index (χ4n) is 3.84. The average Bonchev–Trinajstić information content (AvgIpc) is 2.69. The molecule has 1 aliphatic rings. The number of piperidine rings is 1. The first kappa shape index (κ1) is 23.5. The smallest absolute Gasteiger partial charge is 0.258 e. The molecule has 7 heteroatoms. The summed E-state index contributed by atoms with van der Waals surface area (Å²) in [7, 11) is 0. The van der Waals surface area contributed by atoms with Crippen LogP contribution in [0.4, 0.5) is 0 Å². The molecule has 3 unspecified atom stereocenters. The van der Waals surface area contributed by atoms with Crippen LogP contribution < -0.4 is 15.4 Å². The van der Waals surface area contributed by atoms with Gasteiger partial charge in [0.05, 0.1) is 0 Å². The molecule has 1 aromatic rings. The van der Waals surface area contributed by atoms with Crippen LogP contribution in [0.2, 0.25) is 0 Å². The van der Waals surface area contributed by atoms with E-state index in [1.165, 1.54) is 6.42 Å². The van der Waals surface area contributed by atoms with E-state index in [1.807, 2.05) is 24.5 Å². The second kappa shape index (κ2) is 12.8. The van der Waals surface area contributed by atoms with Gasteiger partial charge in [0.1, 0.15) is 11.8 Å². The van der Waals surface area contributed by atoms with E-state index in [-0.39, 0.29) is 18.4 Å². The van der Waals surface area contributed by atoms with Gasteiger partial charge in [0, 0.05) is 26.2 Å². The highest BCUT2D eigenvalue weighted by Crippen LogP contribution is 2.20. The summed E-state index contributed by atoms with van der Waals surface area (Å²) in [5.41, 5.74) is 0. The van der Waals surface area contributed by atoms with E-state index >= 15 is 0 Å². The molecular weight excluding hydrogens is 386 g/mol. The molecule has 2 N–H and O–H groups in total. The average molecular weight is 422 g/mol. The number of rotatable bonds is 11. The maximum Gasteiger partial charge on any atom is 0.258 e. The fourth-order valence-corrected chi connectivity index (χ4v) is 4.31. The maximum absolute atomic E-state index is 12.6. The zero-order valence-electron chi connectivity index (χ0n) is 17.9. The van der Waals surface area contributed by atoms with Gasteiger partial charge in [0.15, 0.2) is 6.61 Å². The highest BCUT2D eigenvalue weighted by atomic mass is 32.2. The number of likely N-dealkylation sites (tertiary alicyclic amines) is 1. The number of benzene rings is 1. The molecule has 1 aromatic carbocycles. The molecule has 1 aliphatic heterocycles. The van der Waals surface area contributed by atoms with Gasteiger partial charge in [-0.15, -0.1) is 0 Å². The number of ether oxygens (including phenoxy) is 1. The minimum atomic E-state index is -0.534. The minimum Gasteiger partial charge on any atom is -0.484 e. The second-order valence-corrected chi connectivity index (χ2v) is 8.99. The number of amides is 2. The Bertz CT molecular complexity index is 619. The van der Waals surface area contributed by atoms with Crippen molar-refractivity contribution in [1.82, 2.24) is 15.5 Å². The van der Waals surface area contributed by atoms with Gasteiger partial charge in [-0.3, -0.25) is 9.59 Å². The lowest BCUT2D eigenvalue weighted by Gasteiger charge is -2.35.